The van der Waals surface area contributed by atoms with E-state index in [1.807, 2.05) is 13.0 Å². The number of thiophene rings is 1. The van der Waals surface area contributed by atoms with Gasteiger partial charge in [0.05, 0.1) is 10.5 Å². The Morgan fingerprint density at radius 1 is 1.12 bits per heavy atom. The summed E-state index contributed by atoms with van der Waals surface area (Å²) in [4.78, 5) is 0.409. The maximum absolute atomic E-state index is 12.8. The molecule has 2 rings (SSSR count). The van der Waals surface area contributed by atoms with E-state index in [2.05, 4.69) is 0 Å². The maximum Gasteiger partial charge on any atom is 0.600 e. The first-order valence-electron chi connectivity index (χ1n) is 4.50. The summed E-state index contributed by atoms with van der Waals surface area (Å²) in [5, 5.41) is 0.746. The lowest BCUT2D eigenvalue weighted by atomic mass is 10.1. The molecule has 0 spiro atoms. The molecule has 0 aliphatic rings. The van der Waals surface area contributed by atoms with Crippen molar-refractivity contribution in [1.29, 1.82) is 0 Å². The van der Waals surface area contributed by atoms with Gasteiger partial charge in [0.15, 0.2) is 9.58 Å². The second-order valence-electron chi connectivity index (χ2n) is 3.49. The predicted molar refractivity (Wildman–Crippen MR) is 57.2 cm³/mol. The lowest BCUT2D eigenvalue weighted by molar-refractivity contribution is -0.0867. The number of rotatable bonds is 0. The topological polar surface area (TPSA) is 0 Å². The molecule has 0 saturated heterocycles. The highest BCUT2D eigenvalue weighted by atomic mass is 79.9. The van der Waals surface area contributed by atoms with Gasteiger partial charge in [0.2, 0.25) is 0 Å². The molecule has 1 atom stereocenters. The summed E-state index contributed by atoms with van der Waals surface area (Å²) in [6.07, 6.45) is 0. The molecule has 0 saturated carbocycles. The number of fused-ring (bicyclic) bond motifs is 1. The van der Waals surface area contributed by atoms with E-state index in [0.29, 0.717) is 9.58 Å². The molecule has 0 radical (unpaired) electrons. The second-order valence-corrected chi connectivity index (χ2v) is 5.65. The van der Waals surface area contributed by atoms with Crippen molar-refractivity contribution < 1.29 is 30.2 Å². The third kappa shape index (κ3) is 2.11. The van der Waals surface area contributed by atoms with Crippen molar-refractivity contribution in [2.24, 2.45) is 0 Å². The molecule has 2 aromatic rings. The van der Waals surface area contributed by atoms with Gasteiger partial charge >= 0.3 is 5.51 Å². The van der Waals surface area contributed by atoms with Crippen LogP contribution in [0.25, 0.3) is 10.1 Å². The van der Waals surface area contributed by atoms with Gasteiger partial charge in [-0.1, -0.05) is 12.1 Å². The molecule has 88 valence electrons. The number of hydrogen-bond donors (Lipinski definition) is 0. The van der Waals surface area contributed by atoms with Crippen LogP contribution in [-0.2, 0) is 5.51 Å². The van der Waals surface area contributed by atoms with Crippen LogP contribution in [0.3, 0.4) is 0 Å². The van der Waals surface area contributed by atoms with Crippen molar-refractivity contribution >= 4 is 20.6 Å². The van der Waals surface area contributed by atoms with E-state index in [-0.39, 0.29) is 17.0 Å². The Bertz CT molecular complexity index is 514. The zero-order valence-corrected chi connectivity index (χ0v) is 11.1. The second kappa shape index (κ2) is 4.37. The van der Waals surface area contributed by atoms with E-state index in [1.54, 1.807) is 25.1 Å². The number of alkyl halides is 3. The molecule has 0 nitrogen and oxygen atoms in total. The first kappa shape index (κ1) is 13.5. The van der Waals surface area contributed by atoms with Crippen molar-refractivity contribution in [3.05, 3.63) is 34.7 Å². The quantitative estimate of drug-likeness (QED) is 0.650. The largest absolute Gasteiger partial charge is 1.00 e. The van der Waals surface area contributed by atoms with Crippen molar-refractivity contribution in [1.82, 2.24) is 0 Å². The van der Waals surface area contributed by atoms with Crippen molar-refractivity contribution in [3.8, 4) is 0 Å². The van der Waals surface area contributed by atoms with Gasteiger partial charge in [0.25, 0.3) is 0 Å². The van der Waals surface area contributed by atoms with Gasteiger partial charge in [-0.2, -0.15) is 0 Å². The van der Waals surface area contributed by atoms with Crippen molar-refractivity contribution in [2.45, 2.75) is 19.4 Å². The van der Waals surface area contributed by atoms with E-state index in [0.717, 1.165) is 10.9 Å². The molecule has 0 fully saturated rings. The highest BCUT2D eigenvalue weighted by Gasteiger charge is 2.46. The van der Waals surface area contributed by atoms with E-state index in [4.69, 9.17) is 0 Å². The Hall–Kier alpha value is -0.550. The highest BCUT2D eigenvalue weighted by molar-refractivity contribution is 7.38. The molecule has 0 aliphatic carbocycles. The minimum atomic E-state index is -4.15. The van der Waals surface area contributed by atoms with Gasteiger partial charge in [0, 0.05) is 18.4 Å². The van der Waals surface area contributed by atoms with Crippen LogP contribution in [0.1, 0.15) is 10.4 Å². The summed E-state index contributed by atoms with van der Waals surface area (Å²) in [5.41, 5.74) is -3.24. The first-order valence-corrected chi connectivity index (χ1v) is 5.73. The van der Waals surface area contributed by atoms with Crippen molar-refractivity contribution in [2.75, 3.05) is 0 Å². The Morgan fingerprint density at radius 2 is 1.75 bits per heavy atom. The third-order valence-electron chi connectivity index (χ3n) is 2.41. The van der Waals surface area contributed by atoms with Gasteiger partial charge in [-0.3, -0.25) is 0 Å². The van der Waals surface area contributed by atoms with E-state index in [9.17, 15) is 13.2 Å². The molecule has 1 heterocycles. The first-order chi connectivity index (χ1) is 6.91. The van der Waals surface area contributed by atoms with Crippen LogP contribution >= 0.6 is 10.5 Å². The number of aryl methyl sites for hydroxylation is 2. The Kier molecular flexibility index (Phi) is 3.69. The zero-order chi connectivity index (χ0) is 11.2. The van der Waals surface area contributed by atoms with Crippen molar-refractivity contribution in [3.63, 3.8) is 0 Å². The summed E-state index contributed by atoms with van der Waals surface area (Å²) >= 11 is 0. The van der Waals surface area contributed by atoms with Crippen LogP contribution in [-0.4, -0.2) is 0 Å². The van der Waals surface area contributed by atoms with E-state index < -0.39 is 16.0 Å². The SMILES string of the molecule is Cc1cccc2c1cc(C)[s+]2C(F)(F)F.[Br-]. The fourth-order valence-electron chi connectivity index (χ4n) is 1.76. The van der Waals surface area contributed by atoms with Gasteiger partial charge in [0.1, 0.15) is 0 Å². The summed E-state index contributed by atoms with van der Waals surface area (Å²) in [7, 11) is -1.71. The summed E-state index contributed by atoms with van der Waals surface area (Å²) in [5.74, 6) is 0. The van der Waals surface area contributed by atoms with Crippen LogP contribution in [0, 0.1) is 13.8 Å². The lowest BCUT2D eigenvalue weighted by Crippen LogP contribution is -3.00. The van der Waals surface area contributed by atoms with Crippen LogP contribution < -0.4 is 17.0 Å². The molecule has 1 aromatic heterocycles. The van der Waals surface area contributed by atoms with Crippen LogP contribution in [0.4, 0.5) is 13.2 Å². The predicted octanol–water partition coefficient (Wildman–Crippen LogP) is 1.69. The Balaban J connectivity index is 0.00000128. The number of hydrogen-bond acceptors (Lipinski definition) is 0. The molecule has 16 heavy (non-hydrogen) atoms. The van der Waals surface area contributed by atoms with Gasteiger partial charge in [-0.05, 0) is 18.6 Å². The average molecular weight is 311 g/mol. The summed E-state index contributed by atoms with van der Waals surface area (Å²) < 4.78 is 38.8. The standard InChI is InChI=1S/C11H10F3S.BrH/c1-7-4-3-5-10-9(7)6-8(2)15(10)11(12,13)14;/h3-6H,1-2H3;1H/q+1;/p-1. The average Bonchev–Trinajstić information content (AvgIpc) is 2.41. The number of halogens is 4. The number of benzene rings is 1. The van der Waals surface area contributed by atoms with Crippen LogP contribution in [0.2, 0.25) is 0 Å². The minimum absolute atomic E-state index is 0. The van der Waals surface area contributed by atoms with Gasteiger partial charge in [-0.25, -0.2) is 0 Å². The minimum Gasteiger partial charge on any atom is -1.00 e. The zero-order valence-electron chi connectivity index (χ0n) is 8.73. The molecule has 0 amide bonds. The molecule has 1 aromatic carbocycles. The Morgan fingerprint density at radius 3 is 2.31 bits per heavy atom. The van der Waals surface area contributed by atoms with Gasteiger partial charge in [-0.15, -0.1) is 13.2 Å². The van der Waals surface area contributed by atoms with E-state index >= 15 is 0 Å². The molecule has 1 unspecified atom stereocenters. The molecular weight excluding hydrogens is 301 g/mol. The van der Waals surface area contributed by atoms with E-state index in [1.165, 1.54) is 0 Å². The maximum atomic E-state index is 12.8. The fourth-order valence-corrected chi connectivity index (χ4v) is 3.61. The third-order valence-corrected chi connectivity index (χ3v) is 4.43. The highest BCUT2D eigenvalue weighted by Crippen LogP contribution is 2.50. The normalized spacial score (nSPS) is 12.7. The van der Waals surface area contributed by atoms with Gasteiger partial charge < -0.3 is 17.0 Å². The lowest BCUT2D eigenvalue weighted by Gasteiger charge is -1.97. The molecular formula is C11H10BrF3S. The van der Waals surface area contributed by atoms with Crippen LogP contribution in [0.15, 0.2) is 24.3 Å². The molecule has 0 bridgehead atoms. The summed E-state index contributed by atoms with van der Waals surface area (Å²) in [6.45, 7) is 3.39. The molecule has 5 heteroatoms. The Labute approximate surface area is 105 Å². The molecule has 0 N–H and O–H groups in total. The fraction of sp³-hybridized carbons (Fsp3) is 0.273. The molecule has 0 aliphatic heterocycles. The van der Waals surface area contributed by atoms with Crippen LogP contribution in [0.5, 0.6) is 0 Å². The smallest absolute Gasteiger partial charge is 0.600 e. The monoisotopic (exact) mass is 310 g/mol. The summed E-state index contributed by atoms with van der Waals surface area (Å²) in [6, 6.07) is 6.76.